The first-order valence-electron chi connectivity index (χ1n) is 2.99. The van der Waals surface area contributed by atoms with Crippen molar-refractivity contribution < 1.29 is 0 Å². The average molecular weight is 109 g/mol. The van der Waals surface area contributed by atoms with Gasteiger partial charge in [0.25, 0.3) is 0 Å². The molecule has 1 aliphatic carbocycles. The van der Waals surface area contributed by atoms with Crippen LogP contribution in [-0.2, 0) is 0 Å². The standard InChI is InChI=1S/C7H11N/c8-6-2-5-7-3-1-4-7/h1,3,5H,2,4,6,8H2/b7-5-. The predicted molar refractivity (Wildman–Crippen MR) is 35.5 cm³/mol. The number of nitrogens with two attached hydrogens (primary N) is 1. The van der Waals surface area contributed by atoms with Gasteiger partial charge in [0.1, 0.15) is 0 Å². The van der Waals surface area contributed by atoms with Gasteiger partial charge in [-0.3, -0.25) is 0 Å². The highest BCUT2D eigenvalue weighted by Crippen LogP contribution is 2.14. The van der Waals surface area contributed by atoms with E-state index < -0.39 is 0 Å². The van der Waals surface area contributed by atoms with Gasteiger partial charge < -0.3 is 5.73 Å². The molecule has 0 spiro atoms. The molecule has 2 N–H and O–H groups in total. The van der Waals surface area contributed by atoms with Gasteiger partial charge in [-0.25, -0.2) is 0 Å². The maximum absolute atomic E-state index is 5.29. The van der Waals surface area contributed by atoms with Gasteiger partial charge in [0.15, 0.2) is 0 Å². The average Bonchev–Trinajstić information content (AvgIpc) is 1.63. The topological polar surface area (TPSA) is 26.0 Å². The molecule has 0 fully saturated rings. The van der Waals surface area contributed by atoms with Crippen LogP contribution in [0.1, 0.15) is 12.8 Å². The zero-order chi connectivity index (χ0) is 5.82. The minimum atomic E-state index is 0.775. The fourth-order valence-corrected chi connectivity index (χ4v) is 0.674. The van der Waals surface area contributed by atoms with E-state index in [9.17, 15) is 0 Å². The van der Waals surface area contributed by atoms with Crippen LogP contribution < -0.4 is 5.73 Å². The minimum Gasteiger partial charge on any atom is -0.330 e. The second kappa shape index (κ2) is 2.68. The van der Waals surface area contributed by atoms with E-state index in [1.54, 1.807) is 0 Å². The molecular weight excluding hydrogens is 98.1 g/mol. The van der Waals surface area contributed by atoms with Gasteiger partial charge in [0, 0.05) is 0 Å². The Labute approximate surface area is 49.9 Å². The van der Waals surface area contributed by atoms with Crippen molar-refractivity contribution in [1.82, 2.24) is 0 Å². The van der Waals surface area contributed by atoms with Crippen LogP contribution in [0.15, 0.2) is 23.8 Å². The molecule has 0 aliphatic heterocycles. The molecule has 0 bridgehead atoms. The van der Waals surface area contributed by atoms with E-state index in [4.69, 9.17) is 5.73 Å². The zero-order valence-electron chi connectivity index (χ0n) is 4.93. The summed E-state index contributed by atoms with van der Waals surface area (Å²) in [6.07, 6.45) is 8.66. The summed E-state index contributed by atoms with van der Waals surface area (Å²) in [5, 5.41) is 0. The van der Waals surface area contributed by atoms with Gasteiger partial charge in [0.05, 0.1) is 0 Å². The molecule has 1 nitrogen and oxygen atoms in total. The fourth-order valence-electron chi connectivity index (χ4n) is 0.674. The molecular formula is C7H11N. The van der Waals surface area contributed by atoms with Crippen molar-refractivity contribution >= 4 is 0 Å². The van der Waals surface area contributed by atoms with Crippen LogP contribution in [0.3, 0.4) is 0 Å². The maximum atomic E-state index is 5.29. The van der Waals surface area contributed by atoms with Crippen molar-refractivity contribution in [3.05, 3.63) is 23.8 Å². The number of hydrogen-bond donors (Lipinski definition) is 1. The molecule has 0 radical (unpaired) electrons. The number of hydrogen-bond acceptors (Lipinski definition) is 1. The van der Waals surface area contributed by atoms with E-state index in [0.29, 0.717) is 0 Å². The Bertz CT molecular complexity index is 122. The molecule has 1 aliphatic rings. The first-order chi connectivity index (χ1) is 3.93. The Hall–Kier alpha value is -0.560. The van der Waals surface area contributed by atoms with Crippen molar-refractivity contribution in [2.24, 2.45) is 5.73 Å². The zero-order valence-corrected chi connectivity index (χ0v) is 4.93. The molecule has 0 atom stereocenters. The van der Waals surface area contributed by atoms with Crippen LogP contribution in [0.4, 0.5) is 0 Å². The van der Waals surface area contributed by atoms with Gasteiger partial charge in [-0.1, -0.05) is 18.2 Å². The summed E-state index contributed by atoms with van der Waals surface area (Å²) in [4.78, 5) is 0. The van der Waals surface area contributed by atoms with Gasteiger partial charge in [-0.05, 0) is 25.0 Å². The van der Waals surface area contributed by atoms with Crippen molar-refractivity contribution in [1.29, 1.82) is 0 Å². The normalized spacial score (nSPS) is 21.4. The lowest BCUT2D eigenvalue weighted by Crippen LogP contribution is -1.97. The molecule has 8 heavy (non-hydrogen) atoms. The molecule has 0 saturated carbocycles. The maximum Gasteiger partial charge on any atom is -0.00424 e. The van der Waals surface area contributed by atoms with Crippen LogP contribution in [0.25, 0.3) is 0 Å². The van der Waals surface area contributed by atoms with Crippen molar-refractivity contribution in [3.63, 3.8) is 0 Å². The summed E-state index contributed by atoms with van der Waals surface area (Å²) in [6, 6.07) is 0. The Morgan fingerprint density at radius 2 is 2.50 bits per heavy atom. The summed E-state index contributed by atoms with van der Waals surface area (Å²) >= 11 is 0. The van der Waals surface area contributed by atoms with Crippen molar-refractivity contribution in [2.45, 2.75) is 12.8 Å². The smallest absolute Gasteiger partial charge is 0.00424 e. The Balaban J connectivity index is 2.23. The fraction of sp³-hybridized carbons (Fsp3) is 0.429. The second-order valence-electron chi connectivity index (χ2n) is 1.96. The van der Waals surface area contributed by atoms with Crippen molar-refractivity contribution in [3.8, 4) is 0 Å². The van der Waals surface area contributed by atoms with Crippen LogP contribution in [0.5, 0.6) is 0 Å². The van der Waals surface area contributed by atoms with Crippen LogP contribution in [0, 0.1) is 0 Å². The first-order valence-corrected chi connectivity index (χ1v) is 2.99. The number of rotatable bonds is 2. The third-order valence-corrected chi connectivity index (χ3v) is 1.26. The highest BCUT2D eigenvalue weighted by molar-refractivity contribution is 5.30. The van der Waals surface area contributed by atoms with Gasteiger partial charge in [0.2, 0.25) is 0 Å². The molecule has 0 heterocycles. The van der Waals surface area contributed by atoms with Crippen LogP contribution >= 0.6 is 0 Å². The second-order valence-corrected chi connectivity index (χ2v) is 1.96. The van der Waals surface area contributed by atoms with Gasteiger partial charge >= 0.3 is 0 Å². The predicted octanol–water partition coefficient (Wildman–Crippen LogP) is 1.22. The number of allylic oxidation sites excluding steroid dienone is 3. The molecule has 0 saturated heterocycles. The molecule has 0 amide bonds. The quantitative estimate of drug-likeness (QED) is 0.567. The molecule has 44 valence electrons. The van der Waals surface area contributed by atoms with E-state index in [1.165, 1.54) is 5.57 Å². The molecule has 1 heteroatoms. The SMILES string of the molecule is NCC/C=C1/C=CC1. The van der Waals surface area contributed by atoms with E-state index in [-0.39, 0.29) is 0 Å². The molecule has 0 aromatic rings. The summed E-state index contributed by atoms with van der Waals surface area (Å²) in [5.74, 6) is 0. The Morgan fingerprint density at radius 3 is 2.88 bits per heavy atom. The van der Waals surface area contributed by atoms with E-state index in [0.717, 1.165) is 19.4 Å². The summed E-state index contributed by atoms with van der Waals surface area (Å²) < 4.78 is 0. The van der Waals surface area contributed by atoms with Crippen molar-refractivity contribution in [2.75, 3.05) is 6.54 Å². The highest BCUT2D eigenvalue weighted by Gasteiger charge is 1.95. The monoisotopic (exact) mass is 109 g/mol. The third kappa shape index (κ3) is 1.20. The van der Waals surface area contributed by atoms with Gasteiger partial charge in [-0.15, -0.1) is 0 Å². The molecule has 0 aromatic carbocycles. The third-order valence-electron chi connectivity index (χ3n) is 1.26. The Kier molecular flexibility index (Phi) is 1.86. The summed E-state index contributed by atoms with van der Waals surface area (Å²) in [5.41, 5.74) is 6.73. The van der Waals surface area contributed by atoms with E-state index in [2.05, 4.69) is 18.2 Å². The van der Waals surface area contributed by atoms with E-state index >= 15 is 0 Å². The highest BCUT2D eigenvalue weighted by atomic mass is 14.5. The first kappa shape index (κ1) is 5.57. The lowest BCUT2D eigenvalue weighted by molar-refractivity contribution is 0.987. The molecule has 0 aromatic heterocycles. The molecule has 0 unspecified atom stereocenters. The van der Waals surface area contributed by atoms with Crippen LogP contribution in [0.2, 0.25) is 0 Å². The lowest BCUT2D eigenvalue weighted by atomic mass is 10.0. The summed E-state index contributed by atoms with van der Waals surface area (Å²) in [6.45, 7) is 0.775. The van der Waals surface area contributed by atoms with Gasteiger partial charge in [-0.2, -0.15) is 0 Å². The molecule has 1 rings (SSSR count). The minimum absolute atomic E-state index is 0.775. The van der Waals surface area contributed by atoms with E-state index in [1.807, 2.05) is 0 Å². The Morgan fingerprint density at radius 1 is 1.75 bits per heavy atom. The largest absolute Gasteiger partial charge is 0.330 e. The van der Waals surface area contributed by atoms with Crippen LogP contribution in [-0.4, -0.2) is 6.54 Å². The summed E-state index contributed by atoms with van der Waals surface area (Å²) in [7, 11) is 0. The lowest BCUT2D eigenvalue weighted by Gasteiger charge is -2.04.